The first kappa shape index (κ1) is 10.0. The number of nitrogens with zero attached hydrogens (tertiary/aromatic N) is 1. The Balaban J connectivity index is 2.51. The van der Waals surface area contributed by atoms with Gasteiger partial charge in [-0.2, -0.15) is 13.2 Å². The molecule has 0 amide bonds. The lowest BCUT2D eigenvalue weighted by atomic mass is 10.5. The lowest BCUT2D eigenvalue weighted by molar-refractivity contribution is -0.154. The molecular weight excluding hydrogens is 199 g/mol. The molecule has 2 nitrogen and oxygen atoms in total. The van der Waals surface area contributed by atoms with Crippen LogP contribution >= 0.6 is 0 Å². The van der Waals surface area contributed by atoms with Crippen LogP contribution in [0.1, 0.15) is 0 Å². The number of aromatic nitrogens is 1. The van der Waals surface area contributed by atoms with E-state index in [1.165, 1.54) is 12.3 Å². The minimum absolute atomic E-state index is 0.0110. The van der Waals surface area contributed by atoms with E-state index in [9.17, 15) is 13.2 Å². The van der Waals surface area contributed by atoms with Gasteiger partial charge in [0.15, 0.2) is 6.61 Å². The molecule has 0 saturated carbocycles. The third kappa shape index (κ3) is 3.93. The van der Waals surface area contributed by atoms with E-state index in [0.29, 0.717) is 0 Å². The van der Waals surface area contributed by atoms with Crippen molar-refractivity contribution in [1.82, 2.24) is 4.98 Å². The first-order valence-corrected chi connectivity index (χ1v) is 4.59. The van der Waals surface area contributed by atoms with E-state index in [0.717, 1.165) is 15.4 Å². The standard InChI is InChI=1S/C7H8F3NOSi/c8-7(9,10)4-12-6-2-1-5(13)3-11-6/h1-3H,4H2,13H3. The smallest absolute Gasteiger partial charge is 0.422 e. The van der Waals surface area contributed by atoms with Gasteiger partial charge in [-0.05, 0) is 0 Å². The van der Waals surface area contributed by atoms with Crippen LogP contribution in [0.25, 0.3) is 0 Å². The molecule has 0 spiro atoms. The van der Waals surface area contributed by atoms with Crippen LogP contribution < -0.4 is 9.92 Å². The van der Waals surface area contributed by atoms with Crippen molar-refractivity contribution in [2.45, 2.75) is 6.18 Å². The third-order valence-corrected chi connectivity index (χ3v) is 1.86. The summed E-state index contributed by atoms with van der Waals surface area (Å²) in [7, 11) is 0.827. The Kier molecular flexibility index (Phi) is 2.92. The van der Waals surface area contributed by atoms with Crippen LogP contribution in [0.3, 0.4) is 0 Å². The van der Waals surface area contributed by atoms with E-state index >= 15 is 0 Å². The van der Waals surface area contributed by atoms with Gasteiger partial charge < -0.3 is 4.74 Å². The maximum absolute atomic E-state index is 11.7. The van der Waals surface area contributed by atoms with Crippen molar-refractivity contribution in [3.05, 3.63) is 18.3 Å². The van der Waals surface area contributed by atoms with E-state index in [1.807, 2.05) is 0 Å². The molecule has 1 rings (SSSR count). The van der Waals surface area contributed by atoms with Crippen LogP contribution in [-0.4, -0.2) is 28.0 Å². The molecule has 0 aliphatic rings. The maximum atomic E-state index is 11.7. The molecular formula is C7H8F3NOSi. The number of pyridine rings is 1. The molecule has 0 N–H and O–H groups in total. The highest BCUT2D eigenvalue weighted by Crippen LogP contribution is 2.15. The Bertz CT molecular complexity index is 272. The van der Waals surface area contributed by atoms with Gasteiger partial charge in [-0.25, -0.2) is 4.98 Å². The van der Waals surface area contributed by atoms with Gasteiger partial charge in [-0.1, -0.05) is 11.3 Å². The molecule has 0 fully saturated rings. The number of halogens is 3. The van der Waals surface area contributed by atoms with Gasteiger partial charge in [0, 0.05) is 22.5 Å². The van der Waals surface area contributed by atoms with Crippen LogP contribution in [0.4, 0.5) is 13.2 Å². The molecule has 1 aromatic heterocycles. The fourth-order valence-corrected chi connectivity index (χ4v) is 0.991. The zero-order valence-electron chi connectivity index (χ0n) is 6.93. The van der Waals surface area contributed by atoms with E-state index in [-0.39, 0.29) is 5.88 Å². The number of hydrogen-bond acceptors (Lipinski definition) is 2. The predicted octanol–water partition coefficient (Wildman–Crippen LogP) is 0.0134. The van der Waals surface area contributed by atoms with Gasteiger partial charge in [0.25, 0.3) is 0 Å². The first-order chi connectivity index (χ1) is 5.97. The van der Waals surface area contributed by atoms with E-state index in [4.69, 9.17) is 0 Å². The summed E-state index contributed by atoms with van der Waals surface area (Å²) in [5.74, 6) is 0.0110. The highest BCUT2D eigenvalue weighted by molar-refractivity contribution is 6.32. The van der Waals surface area contributed by atoms with Crippen LogP contribution in [0.2, 0.25) is 0 Å². The molecule has 0 aliphatic heterocycles. The molecule has 6 heteroatoms. The third-order valence-electron chi connectivity index (χ3n) is 1.27. The second-order valence-corrected chi connectivity index (χ2v) is 3.73. The summed E-state index contributed by atoms with van der Waals surface area (Å²) < 4.78 is 39.4. The minimum Gasteiger partial charge on any atom is -0.468 e. The van der Waals surface area contributed by atoms with Crippen molar-refractivity contribution in [3.8, 4) is 5.88 Å². The van der Waals surface area contributed by atoms with Crippen molar-refractivity contribution in [2.75, 3.05) is 6.61 Å². The Morgan fingerprint density at radius 3 is 2.54 bits per heavy atom. The summed E-state index contributed by atoms with van der Waals surface area (Å²) in [5, 5.41) is 1.01. The van der Waals surface area contributed by atoms with Crippen molar-refractivity contribution in [3.63, 3.8) is 0 Å². The van der Waals surface area contributed by atoms with Crippen LogP contribution in [-0.2, 0) is 0 Å². The second-order valence-electron chi connectivity index (χ2n) is 2.58. The topological polar surface area (TPSA) is 22.1 Å². The SMILES string of the molecule is FC(F)(F)COc1ccc([SiH3])cn1. The Labute approximate surface area is 76.2 Å². The van der Waals surface area contributed by atoms with Crippen LogP contribution in [0, 0.1) is 0 Å². The van der Waals surface area contributed by atoms with Crippen LogP contribution in [0.5, 0.6) is 5.88 Å². The van der Waals surface area contributed by atoms with Crippen molar-refractivity contribution >= 4 is 15.4 Å². The molecule has 13 heavy (non-hydrogen) atoms. The molecule has 0 bridgehead atoms. The Hall–Kier alpha value is -1.04. The fraction of sp³-hybridized carbons (Fsp3) is 0.286. The van der Waals surface area contributed by atoms with E-state index in [1.54, 1.807) is 6.07 Å². The van der Waals surface area contributed by atoms with Gasteiger partial charge in [0.05, 0.1) is 0 Å². The maximum Gasteiger partial charge on any atom is 0.422 e. The van der Waals surface area contributed by atoms with Crippen molar-refractivity contribution in [2.24, 2.45) is 0 Å². The van der Waals surface area contributed by atoms with E-state index < -0.39 is 12.8 Å². The summed E-state index contributed by atoms with van der Waals surface area (Å²) in [6, 6.07) is 3.14. The normalized spacial score (nSPS) is 11.6. The van der Waals surface area contributed by atoms with Crippen molar-refractivity contribution < 1.29 is 17.9 Å². The number of rotatable bonds is 2. The average Bonchev–Trinajstić information content (AvgIpc) is 2.02. The molecule has 0 saturated heterocycles. The monoisotopic (exact) mass is 207 g/mol. The van der Waals surface area contributed by atoms with Crippen molar-refractivity contribution in [1.29, 1.82) is 0 Å². The molecule has 0 aromatic carbocycles. The minimum atomic E-state index is -4.30. The summed E-state index contributed by atoms with van der Waals surface area (Å²) in [4.78, 5) is 3.69. The zero-order chi connectivity index (χ0) is 9.90. The van der Waals surface area contributed by atoms with Gasteiger partial charge in [-0.15, -0.1) is 0 Å². The lowest BCUT2D eigenvalue weighted by Crippen LogP contribution is -2.20. The zero-order valence-corrected chi connectivity index (χ0v) is 8.93. The first-order valence-electron chi connectivity index (χ1n) is 3.59. The predicted molar refractivity (Wildman–Crippen MR) is 45.4 cm³/mol. The molecule has 0 aliphatic carbocycles. The highest BCUT2D eigenvalue weighted by atomic mass is 28.1. The second kappa shape index (κ2) is 3.78. The van der Waals surface area contributed by atoms with Crippen LogP contribution in [0.15, 0.2) is 18.3 Å². The fourth-order valence-electron chi connectivity index (χ4n) is 0.695. The van der Waals surface area contributed by atoms with Gasteiger partial charge in [0.1, 0.15) is 0 Å². The molecule has 1 aromatic rings. The molecule has 1 heterocycles. The quantitative estimate of drug-likeness (QED) is 0.637. The van der Waals surface area contributed by atoms with Gasteiger partial charge >= 0.3 is 6.18 Å². The number of hydrogen-bond donors (Lipinski definition) is 0. The lowest BCUT2D eigenvalue weighted by Gasteiger charge is -2.07. The molecule has 0 unspecified atom stereocenters. The summed E-state index contributed by atoms with van der Waals surface area (Å²) in [6.45, 7) is -1.29. The average molecular weight is 207 g/mol. The van der Waals surface area contributed by atoms with Gasteiger partial charge in [-0.3, -0.25) is 0 Å². The molecule has 0 radical (unpaired) electrons. The molecule has 0 atom stereocenters. The summed E-state index contributed by atoms with van der Waals surface area (Å²) in [5.41, 5.74) is 0. The Morgan fingerprint density at radius 2 is 2.08 bits per heavy atom. The number of ether oxygens (including phenoxy) is 1. The van der Waals surface area contributed by atoms with Gasteiger partial charge in [0.2, 0.25) is 5.88 Å². The largest absolute Gasteiger partial charge is 0.468 e. The summed E-state index contributed by atoms with van der Waals surface area (Å²) in [6.07, 6.45) is -2.79. The number of alkyl halides is 3. The Morgan fingerprint density at radius 1 is 1.38 bits per heavy atom. The highest BCUT2D eigenvalue weighted by Gasteiger charge is 2.28. The van der Waals surface area contributed by atoms with E-state index in [2.05, 4.69) is 9.72 Å². The molecule has 72 valence electrons. The summed E-state index contributed by atoms with van der Waals surface area (Å²) >= 11 is 0.